The average Bonchev–Trinajstić information content (AvgIpc) is 3.31. The minimum Gasteiger partial charge on any atom is -0.382 e. The van der Waals surface area contributed by atoms with Gasteiger partial charge in [-0.2, -0.15) is 0 Å². The van der Waals surface area contributed by atoms with E-state index in [2.05, 4.69) is 5.32 Å². The van der Waals surface area contributed by atoms with E-state index < -0.39 is 14.9 Å². The molecular weight excluding hydrogens is 322 g/mol. The molecule has 1 aliphatic carbocycles. The van der Waals surface area contributed by atoms with Crippen molar-refractivity contribution in [3.05, 3.63) is 28.3 Å². The largest absolute Gasteiger partial charge is 0.382 e. The summed E-state index contributed by atoms with van der Waals surface area (Å²) in [5.41, 5.74) is 0.0921. The number of nitro groups is 1. The van der Waals surface area contributed by atoms with Crippen LogP contribution in [-0.4, -0.2) is 32.1 Å². The molecule has 0 radical (unpaired) electrons. The highest BCUT2D eigenvalue weighted by molar-refractivity contribution is 7.89. The van der Waals surface area contributed by atoms with Crippen LogP contribution in [0.4, 0.5) is 11.4 Å². The number of rotatable bonds is 5. The zero-order chi connectivity index (χ0) is 16.6. The molecule has 3 N–H and O–H groups in total. The number of nitrogens with zero attached hydrogens (tertiary/aromatic N) is 1. The molecule has 0 bridgehead atoms. The third-order valence-corrected chi connectivity index (χ3v) is 5.16. The van der Waals surface area contributed by atoms with E-state index in [1.807, 2.05) is 0 Å². The van der Waals surface area contributed by atoms with Gasteiger partial charge >= 0.3 is 0 Å². The lowest BCUT2D eigenvalue weighted by molar-refractivity contribution is -0.385. The summed E-state index contributed by atoms with van der Waals surface area (Å²) in [7, 11) is -4.01. The SMILES string of the molecule is NS(=O)(=O)c1cc(NC2CCOC(C3CC3)C2)cc([N+](=O)[O-])c1. The van der Waals surface area contributed by atoms with Crippen LogP contribution in [0.5, 0.6) is 0 Å². The minimum atomic E-state index is -4.01. The molecule has 0 spiro atoms. The number of primary sulfonamides is 1. The summed E-state index contributed by atoms with van der Waals surface area (Å²) in [4.78, 5) is 10.1. The first-order chi connectivity index (χ1) is 10.8. The van der Waals surface area contributed by atoms with Crippen molar-refractivity contribution < 1.29 is 18.1 Å². The molecule has 1 aromatic carbocycles. The number of nitrogens with two attached hydrogens (primary N) is 1. The van der Waals surface area contributed by atoms with E-state index in [0.29, 0.717) is 18.2 Å². The Balaban J connectivity index is 1.80. The monoisotopic (exact) mass is 341 g/mol. The van der Waals surface area contributed by atoms with E-state index >= 15 is 0 Å². The first-order valence-electron chi connectivity index (χ1n) is 7.53. The highest BCUT2D eigenvalue weighted by Crippen LogP contribution is 2.38. The van der Waals surface area contributed by atoms with Gasteiger partial charge < -0.3 is 10.1 Å². The molecule has 3 rings (SSSR count). The molecule has 2 unspecified atom stereocenters. The van der Waals surface area contributed by atoms with E-state index in [4.69, 9.17) is 9.88 Å². The highest BCUT2D eigenvalue weighted by atomic mass is 32.2. The predicted molar refractivity (Wildman–Crippen MR) is 83.6 cm³/mol. The molecule has 1 aliphatic heterocycles. The van der Waals surface area contributed by atoms with E-state index in [1.54, 1.807) is 0 Å². The maximum atomic E-state index is 11.5. The van der Waals surface area contributed by atoms with Gasteiger partial charge in [-0.05, 0) is 37.7 Å². The third-order valence-electron chi connectivity index (χ3n) is 4.26. The molecule has 126 valence electrons. The van der Waals surface area contributed by atoms with Crippen molar-refractivity contribution in [2.45, 2.75) is 42.7 Å². The molecule has 1 aromatic rings. The van der Waals surface area contributed by atoms with E-state index in [-0.39, 0.29) is 22.7 Å². The number of benzene rings is 1. The summed E-state index contributed by atoms with van der Waals surface area (Å²) in [6.45, 7) is 0.635. The van der Waals surface area contributed by atoms with E-state index in [9.17, 15) is 18.5 Å². The summed E-state index contributed by atoms with van der Waals surface area (Å²) < 4.78 is 28.8. The van der Waals surface area contributed by atoms with Crippen LogP contribution in [0.15, 0.2) is 23.1 Å². The number of hydrogen-bond acceptors (Lipinski definition) is 6. The number of sulfonamides is 1. The van der Waals surface area contributed by atoms with Crippen LogP contribution < -0.4 is 10.5 Å². The molecule has 2 fully saturated rings. The lowest BCUT2D eigenvalue weighted by Crippen LogP contribution is -2.35. The van der Waals surface area contributed by atoms with Crippen molar-refractivity contribution in [1.82, 2.24) is 0 Å². The summed E-state index contributed by atoms with van der Waals surface area (Å²) in [6.07, 6.45) is 4.18. The Morgan fingerprint density at radius 2 is 2.00 bits per heavy atom. The topological polar surface area (TPSA) is 125 Å². The Morgan fingerprint density at radius 1 is 1.26 bits per heavy atom. The molecule has 2 atom stereocenters. The fourth-order valence-electron chi connectivity index (χ4n) is 2.93. The number of hydrogen-bond donors (Lipinski definition) is 2. The number of non-ortho nitro benzene ring substituents is 1. The number of ether oxygens (including phenoxy) is 1. The maximum Gasteiger partial charge on any atom is 0.272 e. The quantitative estimate of drug-likeness (QED) is 0.619. The summed E-state index contributed by atoms with van der Waals surface area (Å²) in [6, 6.07) is 3.74. The van der Waals surface area contributed by atoms with Crippen molar-refractivity contribution in [2.75, 3.05) is 11.9 Å². The molecule has 1 heterocycles. The normalized spacial score (nSPS) is 25.1. The first-order valence-corrected chi connectivity index (χ1v) is 9.08. The molecule has 8 nitrogen and oxygen atoms in total. The van der Waals surface area contributed by atoms with Crippen molar-refractivity contribution in [3.63, 3.8) is 0 Å². The van der Waals surface area contributed by atoms with Gasteiger partial charge in [0.25, 0.3) is 5.69 Å². The van der Waals surface area contributed by atoms with Crippen molar-refractivity contribution >= 4 is 21.4 Å². The average molecular weight is 341 g/mol. The number of nitrogens with one attached hydrogen (secondary N) is 1. The van der Waals surface area contributed by atoms with Crippen LogP contribution in [0.25, 0.3) is 0 Å². The van der Waals surface area contributed by atoms with Crippen LogP contribution in [0.3, 0.4) is 0 Å². The first kappa shape index (κ1) is 16.2. The van der Waals surface area contributed by atoms with Gasteiger partial charge in [0, 0.05) is 30.5 Å². The molecule has 0 aromatic heterocycles. The van der Waals surface area contributed by atoms with Crippen LogP contribution in [-0.2, 0) is 14.8 Å². The Morgan fingerprint density at radius 3 is 2.61 bits per heavy atom. The maximum absolute atomic E-state index is 11.5. The second kappa shape index (κ2) is 6.06. The lowest BCUT2D eigenvalue weighted by atomic mass is 10.00. The lowest BCUT2D eigenvalue weighted by Gasteiger charge is -2.31. The zero-order valence-corrected chi connectivity index (χ0v) is 13.3. The molecule has 1 saturated carbocycles. The third kappa shape index (κ3) is 3.98. The van der Waals surface area contributed by atoms with Gasteiger partial charge in [0.05, 0.1) is 15.9 Å². The Bertz CT molecular complexity index is 717. The van der Waals surface area contributed by atoms with Gasteiger partial charge in [0.1, 0.15) is 0 Å². The van der Waals surface area contributed by atoms with Crippen molar-refractivity contribution in [1.29, 1.82) is 0 Å². The number of nitro benzene ring substituents is 1. The Hall–Kier alpha value is -1.71. The highest BCUT2D eigenvalue weighted by Gasteiger charge is 2.36. The fourth-order valence-corrected chi connectivity index (χ4v) is 3.50. The summed E-state index contributed by atoms with van der Waals surface area (Å²) in [5.74, 6) is 0.615. The van der Waals surface area contributed by atoms with Gasteiger partial charge in [-0.25, -0.2) is 13.6 Å². The second-order valence-electron chi connectivity index (χ2n) is 6.13. The van der Waals surface area contributed by atoms with Crippen molar-refractivity contribution in [2.24, 2.45) is 11.1 Å². The van der Waals surface area contributed by atoms with Crippen LogP contribution in [0, 0.1) is 16.0 Å². The van der Waals surface area contributed by atoms with E-state index in [0.717, 1.165) is 18.9 Å². The molecule has 2 aliphatic rings. The summed E-state index contributed by atoms with van der Waals surface area (Å²) in [5, 5.41) is 19.3. The van der Waals surface area contributed by atoms with Gasteiger partial charge in [-0.15, -0.1) is 0 Å². The van der Waals surface area contributed by atoms with Gasteiger partial charge in [0.15, 0.2) is 0 Å². The van der Waals surface area contributed by atoms with Crippen LogP contribution in [0.1, 0.15) is 25.7 Å². The van der Waals surface area contributed by atoms with Crippen molar-refractivity contribution in [3.8, 4) is 0 Å². The molecule has 0 amide bonds. The van der Waals surface area contributed by atoms with Gasteiger partial charge in [0.2, 0.25) is 10.0 Å². The predicted octanol–water partition coefficient (Wildman–Crippen LogP) is 1.61. The van der Waals surface area contributed by atoms with Crippen LogP contribution >= 0.6 is 0 Å². The minimum absolute atomic E-state index is 0.102. The molecule has 9 heteroatoms. The molecule has 23 heavy (non-hydrogen) atoms. The van der Waals surface area contributed by atoms with E-state index in [1.165, 1.54) is 25.0 Å². The molecule has 1 saturated heterocycles. The zero-order valence-electron chi connectivity index (χ0n) is 12.5. The standard InChI is InChI=1S/C14H19N3O5S/c15-23(20,21)13-6-11(5-12(8-13)17(18)19)16-10-3-4-22-14(7-10)9-1-2-9/h5-6,8-10,14,16H,1-4,7H2,(H2,15,20,21). The fraction of sp³-hybridized carbons (Fsp3) is 0.571. The number of anilines is 1. The smallest absolute Gasteiger partial charge is 0.272 e. The Labute approximate surface area is 134 Å². The Kier molecular flexibility index (Phi) is 4.26. The second-order valence-corrected chi connectivity index (χ2v) is 7.69. The van der Waals surface area contributed by atoms with Gasteiger partial charge in [-0.1, -0.05) is 0 Å². The van der Waals surface area contributed by atoms with Gasteiger partial charge in [-0.3, -0.25) is 10.1 Å². The van der Waals surface area contributed by atoms with Crippen LogP contribution in [0.2, 0.25) is 0 Å². The summed E-state index contributed by atoms with van der Waals surface area (Å²) >= 11 is 0. The molecular formula is C14H19N3O5S.